The quantitative estimate of drug-likeness (QED) is 0.689. The minimum absolute atomic E-state index is 0.142. The van der Waals surface area contributed by atoms with Crippen LogP contribution in [0.2, 0.25) is 0 Å². The maximum absolute atomic E-state index is 10.9. The first kappa shape index (κ1) is 12.5. The SMILES string of the molecule is CCNc1ncc([N+](=O)[O-])c(-c2occc2Br)n1. The number of furan rings is 1. The largest absolute Gasteiger partial charge is 0.461 e. The molecule has 0 amide bonds. The first-order valence-electron chi connectivity index (χ1n) is 5.12. The van der Waals surface area contributed by atoms with Gasteiger partial charge < -0.3 is 9.73 Å². The zero-order valence-electron chi connectivity index (χ0n) is 9.38. The van der Waals surface area contributed by atoms with Gasteiger partial charge in [-0.15, -0.1) is 0 Å². The number of anilines is 1. The van der Waals surface area contributed by atoms with Crippen LogP contribution in [0.25, 0.3) is 11.5 Å². The Morgan fingerprint density at radius 2 is 2.39 bits per heavy atom. The highest BCUT2D eigenvalue weighted by atomic mass is 79.9. The molecule has 2 heterocycles. The minimum atomic E-state index is -0.542. The summed E-state index contributed by atoms with van der Waals surface area (Å²) in [6.07, 6.45) is 2.59. The molecule has 0 spiro atoms. The number of halogens is 1. The molecule has 8 heteroatoms. The third-order valence-corrected chi connectivity index (χ3v) is 2.76. The fourth-order valence-electron chi connectivity index (χ4n) is 1.38. The van der Waals surface area contributed by atoms with E-state index in [1.807, 2.05) is 6.92 Å². The fraction of sp³-hybridized carbons (Fsp3) is 0.200. The Hall–Kier alpha value is -1.96. The van der Waals surface area contributed by atoms with E-state index in [-0.39, 0.29) is 11.4 Å². The molecule has 7 nitrogen and oxygen atoms in total. The smallest absolute Gasteiger partial charge is 0.317 e. The molecule has 0 unspecified atom stereocenters. The number of nitrogens with zero attached hydrogens (tertiary/aromatic N) is 3. The molecule has 0 radical (unpaired) electrons. The zero-order valence-corrected chi connectivity index (χ0v) is 11.0. The van der Waals surface area contributed by atoms with Crippen LogP contribution in [0.5, 0.6) is 0 Å². The molecule has 0 aliphatic heterocycles. The van der Waals surface area contributed by atoms with Gasteiger partial charge in [0.2, 0.25) is 5.95 Å². The van der Waals surface area contributed by atoms with Gasteiger partial charge in [-0.25, -0.2) is 9.97 Å². The Labute approximate surface area is 111 Å². The molecule has 0 aliphatic carbocycles. The van der Waals surface area contributed by atoms with Crippen LogP contribution in [0.3, 0.4) is 0 Å². The fourth-order valence-corrected chi connectivity index (χ4v) is 1.77. The summed E-state index contributed by atoms with van der Waals surface area (Å²) in [5.74, 6) is 0.629. The van der Waals surface area contributed by atoms with Crippen LogP contribution in [-0.2, 0) is 0 Å². The van der Waals surface area contributed by atoms with Crippen LogP contribution in [0.15, 0.2) is 27.4 Å². The van der Waals surface area contributed by atoms with E-state index >= 15 is 0 Å². The van der Waals surface area contributed by atoms with Gasteiger partial charge in [-0.05, 0) is 28.9 Å². The summed E-state index contributed by atoms with van der Waals surface area (Å²) >= 11 is 3.25. The van der Waals surface area contributed by atoms with E-state index in [2.05, 4.69) is 31.2 Å². The van der Waals surface area contributed by atoms with Crippen LogP contribution >= 0.6 is 15.9 Å². The standard InChI is InChI=1S/C10H9BrN4O3/c1-2-12-10-13-5-7(15(16)17)8(14-10)9-6(11)3-4-18-9/h3-5H,2H2,1H3,(H,12,13,14). The van der Waals surface area contributed by atoms with Crippen molar-refractivity contribution in [3.8, 4) is 11.5 Å². The Kier molecular flexibility index (Phi) is 3.56. The lowest BCUT2D eigenvalue weighted by Crippen LogP contribution is -2.04. The molecule has 2 aromatic heterocycles. The van der Waals surface area contributed by atoms with E-state index in [4.69, 9.17) is 4.42 Å². The zero-order chi connectivity index (χ0) is 13.1. The van der Waals surface area contributed by atoms with E-state index in [9.17, 15) is 10.1 Å². The van der Waals surface area contributed by atoms with Crippen molar-refractivity contribution >= 4 is 27.6 Å². The highest BCUT2D eigenvalue weighted by molar-refractivity contribution is 9.10. The maximum atomic E-state index is 10.9. The molecule has 0 bridgehead atoms. The van der Waals surface area contributed by atoms with Crippen molar-refractivity contribution in [2.24, 2.45) is 0 Å². The first-order chi connectivity index (χ1) is 8.63. The molecule has 0 fully saturated rings. The second-order valence-electron chi connectivity index (χ2n) is 3.31. The molecular formula is C10H9BrN4O3. The number of hydrogen-bond donors (Lipinski definition) is 1. The Bertz CT molecular complexity index is 584. The number of hydrogen-bond acceptors (Lipinski definition) is 6. The number of aromatic nitrogens is 2. The monoisotopic (exact) mass is 312 g/mol. The van der Waals surface area contributed by atoms with E-state index in [1.165, 1.54) is 6.26 Å². The van der Waals surface area contributed by atoms with Gasteiger partial charge in [0.05, 0.1) is 15.7 Å². The maximum Gasteiger partial charge on any atom is 0.317 e. The topological polar surface area (TPSA) is 94.1 Å². The lowest BCUT2D eigenvalue weighted by molar-refractivity contribution is -0.384. The molecule has 2 aromatic rings. The van der Waals surface area contributed by atoms with Gasteiger partial charge in [0.25, 0.3) is 0 Å². The van der Waals surface area contributed by atoms with Crippen molar-refractivity contribution in [1.29, 1.82) is 0 Å². The first-order valence-corrected chi connectivity index (χ1v) is 5.91. The molecule has 0 aromatic carbocycles. The molecular weight excluding hydrogens is 304 g/mol. The third kappa shape index (κ3) is 2.33. The molecule has 0 atom stereocenters. The highest BCUT2D eigenvalue weighted by Crippen LogP contribution is 2.34. The number of rotatable bonds is 4. The highest BCUT2D eigenvalue weighted by Gasteiger charge is 2.23. The Balaban J connectivity index is 2.58. The van der Waals surface area contributed by atoms with Crippen molar-refractivity contribution in [3.05, 3.63) is 33.1 Å². The van der Waals surface area contributed by atoms with Gasteiger partial charge in [0.15, 0.2) is 11.5 Å². The van der Waals surface area contributed by atoms with Crippen molar-refractivity contribution in [3.63, 3.8) is 0 Å². The van der Waals surface area contributed by atoms with Gasteiger partial charge in [-0.1, -0.05) is 0 Å². The van der Waals surface area contributed by atoms with Crippen LogP contribution in [0.4, 0.5) is 11.6 Å². The van der Waals surface area contributed by atoms with Crippen LogP contribution < -0.4 is 5.32 Å². The predicted octanol–water partition coefficient (Wildman–Crippen LogP) is 2.84. The molecule has 18 heavy (non-hydrogen) atoms. The second kappa shape index (κ2) is 5.13. The summed E-state index contributed by atoms with van der Waals surface area (Å²) in [6, 6.07) is 1.65. The number of nitro groups is 1. The van der Waals surface area contributed by atoms with Crippen molar-refractivity contribution < 1.29 is 9.34 Å². The van der Waals surface area contributed by atoms with Crippen molar-refractivity contribution in [2.45, 2.75) is 6.92 Å². The minimum Gasteiger partial charge on any atom is -0.461 e. The summed E-state index contributed by atoms with van der Waals surface area (Å²) in [5.41, 5.74) is -0.0601. The summed E-state index contributed by atoms with van der Waals surface area (Å²) in [5, 5.41) is 13.8. The summed E-state index contributed by atoms with van der Waals surface area (Å²) in [6.45, 7) is 2.50. The lowest BCUT2D eigenvalue weighted by Gasteiger charge is -2.04. The number of nitrogens with one attached hydrogen (secondary N) is 1. The van der Waals surface area contributed by atoms with Gasteiger partial charge in [0, 0.05) is 6.54 Å². The van der Waals surface area contributed by atoms with Gasteiger partial charge >= 0.3 is 5.69 Å². The second-order valence-corrected chi connectivity index (χ2v) is 4.17. The molecule has 2 rings (SSSR count). The van der Waals surface area contributed by atoms with E-state index in [0.29, 0.717) is 22.7 Å². The summed E-state index contributed by atoms with van der Waals surface area (Å²) < 4.78 is 5.81. The average Bonchev–Trinajstić information content (AvgIpc) is 2.75. The van der Waals surface area contributed by atoms with E-state index < -0.39 is 4.92 Å². The Morgan fingerprint density at radius 3 is 2.94 bits per heavy atom. The van der Waals surface area contributed by atoms with Gasteiger partial charge in [-0.3, -0.25) is 10.1 Å². The van der Waals surface area contributed by atoms with Gasteiger partial charge in [0.1, 0.15) is 6.20 Å². The van der Waals surface area contributed by atoms with Crippen LogP contribution in [0, 0.1) is 10.1 Å². The van der Waals surface area contributed by atoms with Crippen LogP contribution in [0.1, 0.15) is 6.92 Å². The third-order valence-electron chi connectivity index (χ3n) is 2.13. The van der Waals surface area contributed by atoms with Crippen molar-refractivity contribution in [2.75, 3.05) is 11.9 Å². The average molecular weight is 313 g/mol. The lowest BCUT2D eigenvalue weighted by atomic mass is 10.3. The summed E-state index contributed by atoms with van der Waals surface area (Å²) in [7, 11) is 0. The summed E-state index contributed by atoms with van der Waals surface area (Å²) in [4.78, 5) is 18.4. The molecule has 0 saturated carbocycles. The van der Waals surface area contributed by atoms with Crippen LogP contribution in [-0.4, -0.2) is 21.4 Å². The van der Waals surface area contributed by atoms with E-state index in [1.54, 1.807) is 6.07 Å². The normalized spacial score (nSPS) is 10.3. The Morgan fingerprint density at radius 1 is 1.61 bits per heavy atom. The molecule has 0 saturated heterocycles. The van der Waals surface area contributed by atoms with Crippen molar-refractivity contribution in [1.82, 2.24) is 9.97 Å². The van der Waals surface area contributed by atoms with E-state index in [0.717, 1.165) is 6.20 Å². The molecule has 1 N–H and O–H groups in total. The van der Waals surface area contributed by atoms with Gasteiger partial charge in [-0.2, -0.15) is 0 Å². The predicted molar refractivity (Wildman–Crippen MR) is 68.3 cm³/mol. The molecule has 0 aliphatic rings. The molecule has 94 valence electrons.